The van der Waals surface area contributed by atoms with Crippen molar-refractivity contribution < 1.29 is 23.5 Å². The Morgan fingerprint density at radius 3 is 2.68 bits per heavy atom. The molecule has 0 unspecified atom stereocenters. The number of rotatable bonds is 4. The number of ether oxygens (including phenoxy) is 1. The lowest BCUT2D eigenvalue weighted by Crippen LogP contribution is -2.22. The molecule has 2 N–H and O–H groups in total. The SMILES string of the molecule is COC(=O)c1cccc(NC(=O)C(=O)c2c[nH]c3cc(F)ccc23)c1. The summed E-state index contributed by atoms with van der Waals surface area (Å²) < 4.78 is 17.8. The van der Waals surface area contributed by atoms with Crippen LogP contribution in [0.15, 0.2) is 48.7 Å². The van der Waals surface area contributed by atoms with E-state index < -0.39 is 23.5 Å². The van der Waals surface area contributed by atoms with Crippen molar-refractivity contribution >= 4 is 34.3 Å². The van der Waals surface area contributed by atoms with Gasteiger partial charge in [-0.3, -0.25) is 9.59 Å². The molecule has 0 radical (unpaired) electrons. The van der Waals surface area contributed by atoms with Crippen LogP contribution in [0.1, 0.15) is 20.7 Å². The number of aromatic amines is 1. The molecular weight excluding hydrogens is 327 g/mol. The van der Waals surface area contributed by atoms with Crippen molar-refractivity contribution in [3.63, 3.8) is 0 Å². The van der Waals surface area contributed by atoms with E-state index in [9.17, 15) is 18.8 Å². The largest absolute Gasteiger partial charge is 0.465 e. The van der Waals surface area contributed by atoms with Gasteiger partial charge in [-0.05, 0) is 36.4 Å². The number of esters is 1. The van der Waals surface area contributed by atoms with E-state index in [-0.39, 0.29) is 16.8 Å². The van der Waals surface area contributed by atoms with Crippen LogP contribution in [0.3, 0.4) is 0 Å². The summed E-state index contributed by atoms with van der Waals surface area (Å²) in [5.74, 6) is -2.65. The molecule has 1 aromatic heterocycles. The number of H-pyrrole nitrogens is 1. The summed E-state index contributed by atoms with van der Waals surface area (Å²) in [6.07, 6.45) is 1.36. The number of ketones is 1. The van der Waals surface area contributed by atoms with E-state index in [2.05, 4.69) is 15.0 Å². The number of anilines is 1. The average Bonchev–Trinajstić information content (AvgIpc) is 3.03. The minimum absolute atomic E-state index is 0.136. The molecule has 2 aromatic carbocycles. The van der Waals surface area contributed by atoms with Crippen LogP contribution in [0.2, 0.25) is 0 Å². The van der Waals surface area contributed by atoms with Gasteiger partial charge in [0.1, 0.15) is 5.82 Å². The molecule has 7 heteroatoms. The third-order valence-electron chi connectivity index (χ3n) is 3.64. The summed E-state index contributed by atoms with van der Waals surface area (Å²) in [7, 11) is 1.25. The van der Waals surface area contributed by atoms with Gasteiger partial charge in [-0.2, -0.15) is 0 Å². The van der Waals surface area contributed by atoms with Crippen LogP contribution in [0.5, 0.6) is 0 Å². The lowest BCUT2D eigenvalue weighted by molar-refractivity contribution is -0.112. The van der Waals surface area contributed by atoms with Crippen LogP contribution in [0.4, 0.5) is 10.1 Å². The lowest BCUT2D eigenvalue weighted by Gasteiger charge is -2.06. The number of amides is 1. The first-order valence-electron chi connectivity index (χ1n) is 7.30. The van der Waals surface area contributed by atoms with Crippen LogP contribution < -0.4 is 5.32 Å². The Balaban J connectivity index is 1.83. The first-order valence-corrected chi connectivity index (χ1v) is 7.30. The maximum atomic E-state index is 13.2. The first-order chi connectivity index (χ1) is 12.0. The minimum Gasteiger partial charge on any atom is -0.465 e. The van der Waals surface area contributed by atoms with Crippen LogP contribution >= 0.6 is 0 Å². The third-order valence-corrected chi connectivity index (χ3v) is 3.64. The van der Waals surface area contributed by atoms with Crippen LogP contribution in [-0.4, -0.2) is 29.8 Å². The average molecular weight is 340 g/mol. The Morgan fingerprint density at radius 2 is 1.92 bits per heavy atom. The molecule has 3 aromatic rings. The fraction of sp³-hybridized carbons (Fsp3) is 0.0556. The van der Waals surface area contributed by atoms with Crippen molar-refractivity contribution in [2.24, 2.45) is 0 Å². The van der Waals surface area contributed by atoms with Crippen LogP contribution in [0.25, 0.3) is 10.9 Å². The van der Waals surface area contributed by atoms with E-state index in [1.165, 1.54) is 43.6 Å². The van der Waals surface area contributed by atoms with Gasteiger partial charge in [-0.25, -0.2) is 9.18 Å². The van der Waals surface area contributed by atoms with Crippen molar-refractivity contribution in [3.8, 4) is 0 Å². The molecule has 0 saturated carbocycles. The van der Waals surface area contributed by atoms with Crippen molar-refractivity contribution in [2.75, 3.05) is 12.4 Å². The Morgan fingerprint density at radius 1 is 1.12 bits per heavy atom. The van der Waals surface area contributed by atoms with Crippen molar-refractivity contribution in [2.45, 2.75) is 0 Å². The van der Waals surface area contributed by atoms with Crippen LogP contribution in [0, 0.1) is 5.82 Å². The molecule has 0 aliphatic heterocycles. The highest BCUT2D eigenvalue weighted by molar-refractivity contribution is 6.48. The molecule has 0 fully saturated rings. The van der Waals surface area contributed by atoms with Crippen molar-refractivity contribution in [1.82, 2.24) is 4.98 Å². The highest BCUT2D eigenvalue weighted by Crippen LogP contribution is 2.20. The van der Waals surface area contributed by atoms with Crippen LogP contribution in [-0.2, 0) is 9.53 Å². The normalized spacial score (nSPS) is 10.5. The van der Waals surface area contributed by atoms with Gasteiger partial charge in [0.25, 0.3) is 11.7 Å². The predicted molar refractivity (Wildman–Crippen MR) is 89.0 cm³/mol. The molecule has 126 valence electrons. The topological polar surface area (TPSA) is 88.3 Å². The van der Waals surface area contributed by atoms with Crippen molar-refractivity contribution in [3.05, 3.63) is 65.6 Å². The number of hydrogen-bond donors (Lipinski definition) is 2. The first kappa shape index (κ1) is 16.4. The number of hydrogen-bond acceptors (Lipinski definition) is 4. The second-order valence-electron chi connectivity index (χ2n) is 5.25. The number of benzene rings is 2. The van der Waals surface area contributed by atoms with Gasteiger partial charge >= 0.3 is 5.97 Å². The highest BCUT2D eigenvalue weighted by atomic mass is 19.1. The maximum absolute atomic E-state index is 13.2. The van der Waals surface area contributed by atoms with Crippen molar-refractivity contribution in [1.29, 1.82) is 0 Å². The number of fused-ring (bicyclic) bond motifs is 1. The second kappa shape index (κ2) is 6.56. The minimum atomic E-state index is -0.868. The van der Waals surface area contributed by atoms with Gasteiger partial charge in [0.2, 0.25) is 0 Å². The number of aromatic nitrogens is 1. The number of halogens is 1. The molecule has 25 heavy (non-hydrogen) atoms. The smallest absolute Gasteiger partial charge is 0.337 e. The predicted octanol–water partition coefficient (Wildman–Crippen LogP) is 2.92. The number of carbonyl (C=O) groups excluding carboxylic acids is 3. The van der Waals surface area contributed by atoms with E-state index in [1.807, 2.05) is 0 Å². The summed E-state index contributed by atoms with van der Waals surface area (Å²) >= 11 is 0. The van der Waals surface area contributed by atoms with E-state index >= 15 is 0 Å². The second-order valence-corrected chi connectivity index (χ2v) is 5.25. The van der Waals surface area contributed by atoms with Gasteiger partial charge in [0.05, 0.1) is 18.2 Å². The summed E-state index contributed by atoms with van der Waals surface area (Å²) in [5.41, 5.74) is 1.09. The third kappa shape index (κ3) is 3.25. The number of carbonyl (C=O) groups is 3. The summed E-state index contributed by atoms with van der Waals surface area (Å²) in [5, 5.41) is 2.89. The number of Topliss-reactive ketones (excluding diaryl/α,β-unsaturated/α-hetero) is 1. The van der Waals surface area contributed by atoms with Gasteiger partial charge in [0, 0.05) is 22.8 Å². The Kier molecular flexibility index (Phi) is 4.30. The molecule has 0 aliphatic rings. The van der Waals surface area contributed by atoms with Gasteiger partial charge < -0.3 is 15.0 Å². The Bertz CT molecular complexity index is 994. The molecule has 0 spiro atoms. The fourth-order valence-electron chi connectivity index (χ4n) is 2.44. The van der Waals surface area contributed by atoms with Gasteiger partial charge in [-0.1, -0.05) is 6.07 Å². The standard InChI is InChI=1S/C18H13FN2O4/c1-25-18(24)10-3-2-4-12(7-10)21-17(23)16(22)14-9-20-15-8-11(19)5-6-13(14)15/h2-9,20H,1H3,(H,21,23). The van der Waals surface area contributed by atoms with Gasteiger partial charge in [0.15, 0.2) is 0 Å². The maximum Gasteiger partial charge on any atom is 0.337 e. The summed E-state index contributed by atoms with van der Waals surface area (Å²) in [4.78, 5) is 38.8. The zero-order chi connectivity index (χ0) is 18.0. The molecule has 3 rings (SSSR count). The molecule has 6 nitrogen and oxygen atoms in total. The van der Waals surface area contributed by atoms with E-state index in [0.717, 1.165) is 0 Å². The molecule has 0 saturated heterocycles. The van der Waals surface area contributed by atoms with E-state index in [4.69, 9.17) is 0 Å². The number of methoxy groups -OCH3 is 1. The summed E-state index contributed by atoms with van der Waals surface area (Å²) in [6, 6.07) is 9.91. The zero-order valence-corrected chi connectivity index (χ0v) is 13.1. The molecule has 0 aliphatic carbocycles. The molecular formula is C18H13FN2O4. The molecule has 1 heterocycles. The van der Waals surface area contributed by atoms with E-state index in [0.29, 0.717) is 10.9 Å². The highest BCUT2D eigenvalue weighted by Gasteiger charge is 2.20. The Labute approximate surface area is 141 Å². The molecule has 0 bridgehead atoms. The summed E-state index contributed by atoms with van der Waals surface area (Å²) in [6.45, 7) is 0. The molecule has 0 atom stereocenters. The fourth-order valence-corrected chi connectivity index (χ4v) is 2.44. The van der Waals surface area contributed by atoms with E-state index in [1.54, 1.807) is 12.1 Å². The Hall–Kier alpha value is -3.48. The molecule has 1 amide bonds. The lowest BCUT2D eigenvalue weighted by atomic mass is 10.1. The van der Waals surface area contributed by atoms with Gasteiger partial charge in [-0.15, -0.1) is 0 Å². The zero-order valence-electron chi connectivity index (χ0n) is 13.1. The number of nitrogens with one attached hydrogen (secondary N) is 2. The monoisotopic (exact) mass is 340 g/mol. The quantitative estimate of drug-likeness (QED) is 0.434.